The van der Waals surface area contributed by atoms with Gasteiger partial charge in [0, 0.05) is 28.8 Å². The van der Waals surface area contributed by atoms with Gasteiger partial charge in [-0.15, -0.1) is 0 Å². The summed E-state index contributed by atoms with van der Waals surface area (Å²) in [6, 6.07) is 4.00. The third-order valence-corrected chi connectivity index (χ3v) is 3.38. The quantitative estimate of drug-likeness (QED) is 0.320. The van der Waals surface area contributed by atoms with Crippen LogP contribution in [0, 0.1) is 13.7 Å². The van der Waals surface area contributed by atoms with Gasteiger partial charge < -0.3 is 15.4 Å². The van der Waals surface area contributed by atoms with Gasteiger partial charge in [-0.1, -0.05) is 0 Å². The lowest BCUT2D eigenvalue weighted by Crippen LogP contribution is -2.38. The number of hydrogen-bond donors (Lipinski definition) is 2. The lowest BCUT2D eigenvalue weighted by Gasteiger charge is -2.19. The average molecular weight is 435 g/mol. The Bertz CT molecular complexity index is 613. The smallest absolute Gasteiger partial charge is 0.407 e. The number of benzene rings is 1. The molecule has 0 unspecified atom stereocenters. The summed E-state index contributed by atoms with van der Waals surface area (Å²) in [5, 5.41) is 15.8. The molecule has 0 fully saturated rings. The van der Waals surface area contributed by atoms with Crippen LogP contribution in [0.1, 0.15) is 31.1 Å². The van der Waals surface area contributed by atoms with Crippen molar-refractivity contribution in [3.8, 4) is 0 Å². The van der Waals surface area contributed by atoms with Gasteiger partial charge in [-0.05, 0) is 49.4 Å². The number of hydrogen-bond acceptors (Lipinski definition) is 5. The SMILES string of the molecule is CC(C)(C)OC(=O)NCCNC(=O)c1ccc([N+](=O)[O-])cc1I. The molecule has 0 aliphatic heterocycles. The van der Waals surface area contributed by atoms with Crippen LogP contribution in [0.25, 0.3) is 0 Å². The molecule has 0 aliphatic rings. The molecule has 0 aromatic heterocycles. The molecule has 2 amide bonds. The van der Waals surface area contributed by atoms with Crippen molar-refractivity contribution < 1.29 is 19.2 Å². The Morgan fingerprint density at radius 2 is 1.87 bits per heavy atom. The Kier molecular flexibility index (Phi) is 6.73. The standard InChI is InChI=1S/C14H18IN3O5/c1-14(2,3)23-13(20)17-7-6-16-12(19)10-5-4-9(18(21)22)8-11(10)15/h4-5,8H,6-7H2,1-3H3,(H,16,19)(H,17,20). The van der Waals surface area contributed by atoms with Crippen molar-refractivity contribution in [1.29, 1.82) is 0 Å². The van der Waals surface area contributed by atoms with E-state index in [0.29, 0.717) is 9.13 Å². The molecule has 0 spiro atoms. The van der Waals surface area contributed by atoms with Crippen LogP contribution in [0.4, 0.5) is 10.5 Å². The van der Waals surface area contributed by atoms with E-state index in [4.69, 9.17) is 4.74 Å². The lowest BCUT2D eigenvalue weighted by atomic mass is 10.2. The molecule has 2 N–H and O–H groups in total. The van der Waals surface area contributed by atoms with Crippen LogP contribution >= 0.6 is 22.6 Å². The van der Waals surface area contributed by atoms with Gasteiger partial charge in [0.05, 0.1) is 10.5 Å². The maximum atomic E-state index is 12.0. The zero-order valence-corrected chi connectivity index (χ0v) is 15.2. The van der Waals surface area contributed by atoms with Crippen molar-refractivity contribution in [2.24, 2.45) is 0 Å². The van der Waals surface area contributed by atoms with Crippen molar-refractivity contribution in [1.82, 2.24) is 10.6 Å². The van der Waals surface area contributed by atoms with Gasteiger partial charge >= 0.3 is 6.09 Å². The third-order valence-electron chi connectivity index (χ3n) is 2.49. The predicted octanol–water partition coefficient (Wildman–Crippen LogP) is 2.45. The first-order valence-corrected chi connectivity index (χ1v) is 7.87. The second-order valence-electron chi connectivity index (χ2n) is 5.61. The van der Waals surface area contributed by atoms with Gasteiger partial charge in [0.1, 0.15) is 5.60 Å². The highest BCUT2D eigenvalue weighted by Crippen LogP contribution is 2.19. The normalized spacial score (nSPS) is 10.8. The molecular weight excluding hydrogens is 417 g/mol. The molecular formula is C14H18IN3O5. The second kappa shape index (κ2) is 8.09. The number of ether oxygens (including phenoxy) is 1. The Morgan fingerprint density at radius 1 is 1.26 bits per heavy atom. The summed E-state index contributed by atoms with van der Waals surface area (Å²) >= 11 is 1.87. The van der Waals surface area contributed by atoms with Gasteiger partial charge in [0.25, 0.3) is 11.6 Å². The first-order valence-electron chi connectivity index (χ1n) is 6.79. The summed E-state index contributed by atoms with van der Waals surface area (Å²) in [5.41, 5.74) is -0.312. The molecule has 126 valence electrons. The second-order valence-corrected chi connectivity index (χ2v) is 6.77. The Labute approximate surface area is 147 Å². The van der Waals surface area contributed by atoms with Gasteiger partial charge in [0.15, 0.2) is 0 Å². The van der Waals surface area contributed by atoms with E-state index in [1.54, 1.807) is 20.8 Å². The van der Waals surface area contributed by atoms with Crippen LogP contribution in [0.5, 0.6) is 0 Å². The summed E-state index contributed by atoms with van der Waals surface area (Å²) in [7, 11) is 0. The molecule has 0 saturated carbocycles. The van der Waals surface area contributed by atoms with Gasteiger partial charge in [0.2, 0.25) is 0 Å². The number of nitrogens with zero attached hydrogens (tertiary/aromatic N) is 1. The maximum absolute atomic E-state index is 12.0. The van der Waals surface area contributed by atoms with Crippen molar-refractivity contribution >= 4 is 40.3 Å². The van der Waals surface area contributed by atoms with E-state index in [1.807, 2.05) is 22.6 Å². The number of rotatable bonds is 5. The molecule has 1 rings (SSSR count). The number of nitro groups is 1. The molecule has 9 heteroatoms. The summed E-state index contributed by atoms with van der Waals surface area (Å²) in [5.74, 6) is -0.365. The predicted molar refractivity (Wildman–Crippen MR) is 92.4 cm³/mol. The average Bonchev–Trinajstić information content (AvgIpc) is 2.41. The highest BCUT2D eigenvalue weighted by atomic mass is 127. The minimum Gasteiger partial charge on any atom is -0.444 e. The largest absolute Gasteiger partial charge is 0.444 e. The first kappa shape index (κ1) is 19.1. The van der Waals surface area contributed by atoms with E-state index >= 15 is 0 Å². The van der Waals surface area contributed by atoms with Crippen LogP contribution in [-0.2, 0) is 4.74 Å². The molecule has 23 heavy (non-hydrogen) atoms. The summed E-state index contributed by atoms with van der Waals surface area (Å²) < 4.78 is 5.54. The molecule has 0 atom stereocenters. The number of nitrogens with one attached hydrogen (secondary N) is 2. The maximum Gasteiger partial charge on any atom is 0.407 e. The Morgan fingerprint density at radius 3 is 2.39 bits per heavy atom. The molecule has 0 heterocycles. The number of halogens is 1. The fourth-order valence-corrected chi connectivity index (χ4v) is 2.30. The van der Waals surface area contributed by atoms with Crippen LogP contribution in [0.3, 0.4) is 0 Å². The summed E-state index contributed by atoms with van der Waals surface area (Å²) in [6.07, 6.45) is -0.559. The highest BCUT2D eigenvalue weighted by Gasteiger charge is 2.16. The van der Waals surface area contributed by atoms with Crippen molar-refractivity contribution in [2.45, 2.75) is 26.4 Å². The summed E-state index contributed by atoms with van der Waals surface area (Å²) in [4.78, 5) is 33.5. The molecule has 0 aliphatic carbocycles. The molecule has 1 aromatic rings. The fraction of sp³-hybridized carbons (Fsp3) is 0.429. The fourth-order valence-electron chi connectivity index (χ4n) is 1.55. The van der Waals surface area contributed by atoms with Crippen molar-refractivity contribution in [3.63, 3.8) is 0 Å². The van der Waals surface area contributed by atoms with Gasteiger partial charge in [-0.2, -0.15) is 0 Å². The molecule has 0 bridgehead atoms. The molecule has 0 saturated heterocycles. The van der Waals surface area contributed by atoms with E-state index < -0.39 is 16.6 Å². The van der Waals surface area contributed by atoms with Gasteiger partial charge in [-0.3, -0.25) is 14.9 Å². The monoisotopic (exact) mass is 435 g/mol. The van der Waals surface area contributed by atoms with Crippen molar-refractivity contribution in [3.05, 3.63) is 37.4 Å². The third kappa shape index (κ3) is 6.80. The lowest BCUT2D eigenvalue weighted by molar-refractivity contribution is -0.384. The van der Waals surface area contributed by atoms with Gasteiger partial charge in [-0.25, -0.2) is 4.79 Å². The topological polar surface area (TPSA) is 111 Å². The van der Waals surface area contributed by atoms with E-state index in [1.165, 1.54) is 18.2 Å². The zero-order valence-electron chi connectivity index (χ0n) is 13.0. The highest BCUT2D eigenvalue weighted by molar-refractivity contribution is 14.1. The number of carbonyl (C=O) groups is 2. The first-order chi connectivity index (χ1) is 10.6. The van der Waals surface area contributed by atoms with Crippen LogP contribution < -0.4 is 10.6 Å². The number of non-ortho nitro benzene ring substituents is 1. The van der Waals surface area contributed by atoms with Crippen LogP contribution in [-0.4, -0.2) is 35.6 Å². The van der Waals surface area contributed by atoms with E-state index in [2.05, 4.69) is 10.6 Å². The number of nitro benzene ring substituents is 1. The molecule has 0 radical (unpaired) electrons. The number of amides is 2. The Hall–Kier alpha value is -1.91. The minimum absolute atomic E-state index is 0.0717. The number of carbonyl (C=O) groups excluding carboxylic acids is 2. The van der Waals surface area contributed by atoms with Crippen LogP contribution in [0.15, 0.2) is 18.2 Å². The zero-order chi connectivity index (χ0) is 17.6. The summed E-state index contributed by atoms with van der Waals surface area (Å²) in [6.45, 7) is 5.69. The molecule has 1 aromatic carbocycles. The van der Waals surface area contributed by atoms with E-state index in [9.17, 15) is 19.7 Å². The minimum atomic E-state index is -0.581. The number of alkyl carbamates (subject to hydrolysis) is 1. The van der Waals surface area contributed by atoms with E-state index in [0.717, 1.165) is 0 Å². The van der Waals surface area contributed by atoms with E-state index in [-0.39, 0.29) is 24.7 Å². The van der Waals surface area contributed by atoms with Crippen LogP contribution in [0.2, 0.25) is 0 Å². The Balaban J connectivity index is 2.46. The molecule has 8 nitrogen and oxygen atoms in total. The van der Waals surface area contributed by atoms with Crippen molar-refractivity contribution in [2.75, 3.05) is 13.1 Å².